The molecule has 2 rings (SSSR count). The smallest absolute Gasteiger partial charge is 0.308 e. The molecule has 0 amide bonds. The lowest BCUT2D eigenvalue weighted by Crippen LogP contribution is -2.16. The van der Waals surface area contributed by atoms with Crippen molar-refractivity contribution in [2.45, 2.75) is 23.9 Å². The van der Waals surface area contributed by atoms with Gasteiger partial charge in [-0.2, -0.15) is 13.2 Å². The highest BCUT2D eigenvalue weighted by Crippen LogP contribution is 2.30. The second-order valence-electron chi connectivity index (χ2n) is 4.27. The zero-order valence-electron chi connectivity index (χ0n) is 11.1. The SMILES string of the molecule is Cc1ccccc1CSc1cc(NN)nc(C(F)(F)F)n1. The number of benzene rings is 1. The van der Waals surface area contributed by atoms with Gasteiger partial charge in [0.2, 0.25) is 5.82 Å². The number of aryl methyl sites for hydroxylation is 1. The number of rotatable bonds is 4. The van der Waals surface area contributed by atoms with E-state index in [2.05, 4.69) is 15.4 Å². The van der Waals surface area contributed by atoms with Crippen LogP contribution in [0.15, 0.2) is 35.4 Å². The van der Waals surface area contributed by atoms with Crippen LogP contribution in [0.1, 0.15) is 17.0 Å². The maximum Gasteiger partial charge on any atom is 0.451 e. The second kappa shape index (κ2) is 6.31. The summed E-state index contributed by atoms with van der Waals surface area (Å²) in [6.45, 7) is 1.95. The monoisotopic (exact) mass is 314 g/mol. The van der Waals surface area contributed by atoms with Crippen molar-refractivity contribution in [3.05, 3.63) is 47.3 Å². The molecule has 8 heteroatoms. The first kappa shape index (κ1) is 15.6. The van der Waals surface area contributed by atoms with Gasteiger partial charge < -0.3 is 5.43 Å². The van der Waals surface area contributed by atoms with Crippen LogP contribution in [-0.2, 0) is 11.9 Å². The highest BCUT2D eigenvalue weighted by Gasteiger charge is 2.35. The van der Waals surface area contributed by atoms with E-state index >= 15 is 0 Å². The summed E-state index contributed by atoms with van der Waals surface area (Å²) in [6, 6.07) is 9.06. The minimum Gasteiger partial charge on any atom is -0.308 e. The Morgan fingerprint density at radius 3 is 2.57 bits per heavy atom. The summed E-state index contributed by atoms with van der Waals surface area (Å²) in [5.74, 6) is 4.40. The first-order valence-corrected chi connectivity index (χ1v) is 6.99. The molecule has 0 fully saturated rings. The van der Waals surface area contributed by atoms with Crippen molar-refractivity contribution in [2.75, 3.05) is 5.43 Å². The van der Waals surface area contributed by atoms with E-state index in [4.69, 9.17) is 5.84 Å². The van der Waals surface area contributed by atoms with Crippen LogP contribution in [0.5, 0.6) is 0 Å². The molecule has 112 valence electrons. The normalized spacial score (nSPS) is 11.5. The van der Waals surface area contributed by atoms with Crippen molar-refractivity contribution in [2.24, 2.45) is 5.84 Å². The van der Waals surface area contributed by atoms with Gasteiger partial charge in [0.05, 0.1) is 0 Å². The standard InChI is InChI=1S/C13H13F3N4S/c1-8-4-2-3-5-9(8)7-21-11-6-10(20-17)18-12(19-11)13(14,15)16/h2-6H,7,17H2,1H3,(H,18,19,20). The first-order chi connectivity index (χ1) is 9.90. The van der Waals surface area contributed by atoms with Crippen LogP contribution in [0.3, 0.4) is 0 Å². The molecule has 4 nitrogen and oxygen atoms in total. The summed E-state index contributed by atoms with van der Waals surface area (Å²) in [7, 11) is 0. The van der Waals surface area contributed by atoms with Crippen LogP contribution in [0.25, 0.3) is 0 Å². The maximum atomic E-state index is 12.7. The first-order valence-electron chi connectivity index (χ1n) is 6.00. The van der Waals surface area contributed by atoms with Gasteiger partial charge in [-0.25, -0.2) is 15.8 Å². The van der Waals surface area contributed by atoms with E-state index in [1.165, 1.54) is 17.8 Å². The molecule has 0 saturated heterocycles. The molecular weight excluding hydrogens is 301 g/mol. The van der Waals surface area contributed by atoms with Crippen molar-refractivity contribution in [3.8, 4) is 0 Å². The number of halogens is 3. The number of hydrazine groups is 1. The Kier molecular flexibility index (Phi) is 4.69. The molecular formula is C13H13F3N4S. The van der Waals surface area contributed by atoms with Gasteiger partial charge in [-0.1, -0.05) is 24.3 Å². The number of nitrogen functional groups attached to an aromatic ring is 1. The highest BCUT2D eigenvalue weighted by molar-refractivity contribution is 7.98. The third-order valence-electron chi connectivity index (χ3n) is 2.74. The van der Waals surface area contributed by atoms with Gasteiger partial charge in [0.1, 0.15) is 10.8 Å². The minimum atomic E-state index is -4.61. The molecule has 0 bridgehead atoms. The maximum absolute atomic E-state index is 12.7. The van der Waals surface area contributed by atoms with E-state index in [9.17, 15) is 13.2 Å². The van der Waals surface area contributed by atoms with E-state index in [1.54, 1.807) is 0 Å². The summed E-state index contributed by atoms with van der Waals surface area (Å²) >= 11 is 1.20. The zero-order chi connectivity index (χ0) is 15.5. The summed E-state index contributed by atoms with van der Waals surface area (Å²) < 4.78 is 38.1. The molecule has 1 aromatic carbocycles. The molecule has 2 aromatic rings. The topological polar surface area (TPSA) is 63.8 Å². The van der Waals surface area contributed by atoms with Gasteiger partial charge >= 0.3 is 6.18 Å². The molecule has 21 heavy (non-hydrogen) atoms. The van der Waals surface area contributed by atoms with Crippen LogP contribution in [0, 0.1) is 6.92 Å². The van der Waals surface area contributed by atoms with Gasteiger partial charge in [0, 0.05) is 11.8 Å². The van der Waals surface area contributed by atoms with Crippen molar-refractivity contribution < 1.29 is 13.2 Å². The number of hydrogen-bond donors (Lipinski definition) is 2. The summed E-state index contributed by atoms with van der Waals surface area (Å²) in [5, 5.41) is 0.216. The van der Waals surface area contributed by atoms with Crippen LogP contribution >= 0.6 is 11.8 Å². The Bertz CT molecular complexity index is 631. The Morgan fingerprint density at radius 2 is 1.95 bits per heavy atom. The predicted octanol–water partition coefficient (Wildman–Crippen LogP) is 3.38. The van der Waals surface area contributed by atoms with E-state index in [0.29, 0.717) is 5.75 Å². The predicted molar refractivity (Wildman–Crippen MR) is 75.6 cm³/mol. The number of thioether (sulfide) groups is 1. The van der Waals surface area contributed by atoms with Gasteiger partial charge in [-0.3, -0.25) is 0 Å². The molecule has 1 heterocycles. The highest BCUT2D eigenvalue weighted by atomic mass is 32.2. The lowest BCUT2D eigenvalue weighted by atomic mass is 10.1. The summed E-state index contributed by atoms with van der Waals surface area (Å²) in [5.41, 5.74) is 4.24. The van der Waals surface area contributed by atoms with E-state index in [-0.39, 0.29) is 10.8 Å². The second-order valence-corrected chi connectivity index (χ2v) is 5.27. The fourth-order valence-corrected chi connectivity index (χ4v) is 2.60. The number of nitrogens with one attached hydrogen (secondary N) is 1. The lowest BCUT2D eigenvalue weighted by Gasteiger charge is -2.10. The van der Waals surface area contributed by atoms with Crippen molar-refractivity contribution in [1.29, 1.82) is 0 Å². The van der Waals surface area contributed by atoms with Crippen molar-refractivity contribution in [3.63, 3.8) is 0 Å². The molecule has 0 aliphatic heterocycles. The number of alkyl halides is 3. The number of aromatic nitrogens is 2. The summed E-state index contributed by atoms with van der Waals surface area (Å²) in [6.07, 6.45) is -4.61. The number of anilines is 1. The Balaban J connectivity index is 2.22. The number of nitrogens with two attached hydrogens (primary N) is 1. The number of nitrogens with zero attached hydrogens (tertiary/aromatic N) is 2. The Morgan fingerprint density at radius 1 is 1.24 bits per heavy atom. The quantitative estimate of drug-likeness (QED) is 0.392. The van der Waals surface area contributed by atoms with Gasteiger partial charge in [-0.05, 0) is 18.1 Å². The molecule has 0 spiro atoms. The van der Waals surface area contributed by atoms with E-state index in [1.807, 2.05) is 31.2 Å². The molecule has 1 aromatic heterocycles. The fourth-order valence-electron chi connectivity index (χ4n) is 1.62. The Labute approximate surface area is 124 Å². The minimum absolute atomic E-state index is 0.0652. The average molecular weight is 314 g/mol. The Hall–Kier alpha value is -1.80. The molecule has 0 unspecified atom stereocenters. The fraction of sp³-hybridized carbons (Fsp3) is 0.231. The third-order valence-corrected chi connectivity index (χ3v) is 3.70. The van der Waals surface area contributed by atoms with E-state index < -0.39 is 12.0 Å². The average Bonchev–Trinajstić information content (AvgIpc) is 2.45. The van der Waals surface area contributed by atoms with Crippen LogP contribution < -0.4 is 11.3 Å². The molecule has 0 radical (unpaired) electrons. The molecule has 0 aliphatic carbocycles. The number of hydrogen-bond acceptors (Lipinski definition) is 5. The van der Waals surface area contributed by atoms with Crippen LogP contribution in [0.4, 0.5) is 19.0 Å². The molecule has 0 atom stereocenters. The largest absolute Gasteiger partial charge is 0.451 e. The van der Waals surface area contributed by atoms with Crippen molar-refractivity contribution >= 4 is 17.6 Å². The molecule has 0 aliphatic rings. The third kappa shape index (κ3) is 4.08. The lowest BCUT2D eigenvalue weighted by molar-refractivity contribution is -0.145. The van der Waals surface area contributed by atoms with Crippen LogP contribution in [-0.4, -0.2) is 9.97 Å². The van der Waals surface area contributed by atoms with Gasteiger partial charge in [0.25, 0.3) is 0 Å². The molecule has 3 N–H and O–H groups in total. The van der Waals surface area contributed by atoms with E-state index in [0.717, 1.165) is 11.1 Å². The summed E-state index contributed by atoms with van der Waals surface area (Å²) in [4.78, 5) is 6.84. The van der Waals surface area contributed by atoms with Gasteiger partial charge in [0.15, 0.2) is 0 Å². The zero-order valence-corrected chi connectivity index (χ0v) is 11.9. The van der Waals surface area contributed by atoms with Crippen LogP contribution in [0.2, 0.25) is 0 Å². The van der Waals surface area contributed by atoms with Crippen molar-refractivity contribution in [1.82, 2.24) is 9.97 Å². The molecule has 0 saturated carbocycles. The van der Waals surface area contributed by atoms with Gasteiger partial charge in [-0.15, -0.1) is 11.8 Å².